The zero-order valence-electron chi connectivity index (χ0n) is 12.2. The summed E-state index contributed by atoms with van der Waals surface area (Å²) >= 11 is 0. The molecule has 0 aromatic carbocycles. The van der Waals surface area contributed by atoms with Crippen molar-refractivity contribution < 1.29 is 19.2 Å². The van der Waals surface area contributed by atoms with Crippen LogP contribution in [0.25, 0.3) is 0 Å². The molecule has 120 valence electrons. The average molecular weight is 308 g/mol. The van der Waals surface area contributed by atoms with Crippen LogP contribution in [0.3, 0.4) is 0 Å². The highest BCUT2D eigenvalue weighted by Gasteiger charge is 2.48. The Balaban J connectivity index is 1.64. The van der Waals surface area contributed by atoms with Gasteiger partial charge in [0.2, 0.25) is 0 Å². The van der Waals surface area contributed by atoms with E-state index < -0.39 is 12.0 Å². The number of nitrogens with one attached hydrogen (secondary N) is 1. The molecule has 3 rings (SSSR count). The minimum Gasteiger partial charge on any atom is -0.465 e. The molecule has 2 aliphatic rings. The number of aromatic nitrogens is 1. The van der Waals surface area contributed by atoms with Gasteiger partial charge in [-0.25, -0.2) is 4.79 Å². The fourth-order valence-corrected chi connectivity index (χ4v) is 3.55. The summed E-state index contributed by atoms with van der Waals surface area (Å²) in [6, 6.07) is 1.40. The van der Waals surface area contributed by atoms with Crippen LogP contribution < -0.4 is 11.1 Å². The third-order valence-corrected chi connectivity index (χ3v) is 4.83. The van der Waals surface area contributed by atoms with Gasteiger partial charge in [0.1, 0.15) is 0 Å². The Morgan fingerprint density at radius 2 is 2.14 bits per heavy atom. The van der Waals surface area contributed by atoms with E-state index in [1.165, 1.54) is 11.0 Å². The summed E-state index contributed by atoms with van der Waals surface area (Å²) in [5.74, 6) is -0.350. The lowest BCUT2D eigenvalue weighted by Crippen LogP contribution is -2.55. The molecule has 0 unspecified atom stereocenters. The lowest BCUT2D eigenvalue weighted by atomic mass is 9.60. The van der Waals surface area contributed by atoms with Crippen molar-refractivity contribution in [2.75, 3.05) is 13.1 Å². The van der Waals surface area contributed by atoms with Crippen LogP contribution in [0.5, 0.6) is 0 Å². The number of piperidine rings is 1. The largest absolute Gasteiger partial charge is 0.465 e. The summed E-state index contributed by atoms with van der Waals surface area (Å²) in [6.07, 6.45) is 3.00. The maximum absolute atomic E-state index is 11.5. The summed E-state index contributed by atoms with van der Waals surface area (Å²) in [5, 5.41) is 16.3. The second-order valence-corrected chi connectivity index (χ2v) is 6.27. The topological polar surface area (TPSA) is 122 Å². The van der Waals surface area contributed by atoms with Crippen molar-refractivity contribution in [3.63, 3.8) is 0 Å². The highest BCUT2D eigenvalue weighted by Crippen LogP contribution is 2.50. The predicted molar refractivity (Wildman–Crippen MR) is 76.1 cm³/mol. The number of amides is 2. The molecule has 4 N–H and O–H groups in total. The number of carbonyl (C=O) groups is 2. The van der Waals surface area contributed by atoms with Gasteiger partial charge in [-0.05, 0) is 44.2 Å². The number of hydrogen-bond donors (Lipinski definition) is 3. The van der Waals surface area contributed by atoms with E-state index in [0.29, 0.717) is 11.2 Å². The Morgan fingerprint density at radius 1 is 1.45 bits per heavy atom. The van der Waals surface area contributed by atoms with Gasteiger partial charge in [-0.3, -0.25) is 9.69 Å². The molecule has 1 aliphatic heterocycles. The molecule has 0 atom stereocenters. The van der Waals surface area contributed by atoms with Crippen molar-refractivity contribution in [2.45, 2.75) is 38.3 Å². The van der Waals surface area contributed by atoms with E-state index in [4.69, 9.17) is 10.3 Å². The summed E-state index contributed by atoms with van der Waals surface area (Å²) < 4.78 is 5.00. The van der Waals surface area contributed by atoms with E-state index in [-0.39, 0.29) is 18.3 Å². The van der Waals surface area contributed by atoms with Crippen molar-refractivity contribution in [1.82, 2.24) is 15.4 Å². The summed E-state index contributed by atoms with van der Waals surface area (Å²) in [4.78, 5) is 23.9. The Hall–Kier alpha value is -2.09. The van der Waals surface area contributed by atoms with Crippen molar-refractivity contribution in [3.05, 3.63) is 17.5 Å². The number of primary amides is 1. The predicted octanol–water partition coefficient (Wildman–Crippen LogP) is 0.786. The van der Waals surface area contributed by atoms with Crippen LogP contribution in [-0.2, 0) is 6.54 Å². The van der Waals surface area contributed by atoms with Crippen LogP contribution >= 0.6 is 0 Å². The molecule has 8 heteroatoms. The second-order valence-electron chi connectivity index (χ2n) is 6.27. The standard InChI is InChI=1S/C14H20N4O4/c15-12(19)11-5-10(22-17-11)8-18(13(20)21)9-6-14(7-9)1-3-16-4-2-14/h5,9,16H,1-4,6-8H2,(H2,15,19)(H,20,21). The summed E-state index contributed by atoms with van der Waals surface area (Å²) in [5.41, 5.74) is 5.42. The lowest BCUT2D eigenvalue weighted by molar-refractivity contribution is -0.0185. The lowest BCUT2D eigenvalue weighted by Gasteiger charge is -2.53. The monoisotopic (exact) mass is 308 g/mol. The molecule has 0 bridgehead atoms. The van der Waals surface area contributed by atoms with Crippen LogP contribution in [0.15, 0.2) is 10.6 Å². The Morgan fingerprint density at radius 3 is 2.68 bits per heavy atom. The number of carbonyl (C=O) groups excluding carboxylic acids is 1. The van der Waals surface area contributed by atoms with Crippen LogP contribution in [0, 0.1) is 5.41 Å². The van der Waals surface area contributed by atoms with Crippen LogP contribution in [0.1, 0.15) is 41.9 Å². The Bertz CT molecular complexity index is 571. The first-order valence-electron chi connectivity index (χ1n) is 7.45. The molecule has 1 aliphatic carbocycles. The molecule has 8 nitrogen and oxygen atoms in total. The Kier molecular flexibility index (Phi) is 3.78. The van der Waals surface area contributed by atoms with Gasteiger partial charge in [-0.2, -0.15) is 0 Å². The third-order valence-electron chi connectivity index (χ3n) is 4.83. The quantitative estimate of drug-likeness (QED) is 0.756. The maximum Gasteiger partial charge on any atom is 0.407 e. The third kappa shape index (κ3) is 2.78. The van der Waals surface area contributed by atoms with Crippen LogP contribution in [0.2, 0.25) is 0 Å². The van der Waals surface area contributed by atoms with Crippen molar-refractivity contribution in [1.29, 1.82) is 0 Å². The molecule has 1 aromatic rings. The summed E-state index contributed by atoms with van der Waals surface area (Å²) in [6.45, 7) is 2.10. The van der Waals surface area contributed by atoms with Gasteiger partial charge >= 0.3 is 6.09 Å². The van der Waals surface area contributed by atoms with Crippen LogP contribution in [0.4, 0.5) is 4.79 Å². The molecule has 1 aromatic heterocycles. The first kappa shape index (κ1) is 14.8. The second kappa shape index (κ2) is 5.60. The molecular formula is C14H20N4O4. The highest BCUT2D eigenvalue weighted by atomic mass is 16.5. The van der Waals surface area contributed by atoms with Gasteiger partial charge in [-0.1, -0.05) is 5.16 Å². The van der Waals surface area contributed by atoms with E-state index in [1.54, 1.807) is 0 Å². The molecule has 1 saturated carbocycles. The first-order chi connectivity index (χ1) is 10.5. The molecule has 22 heavy (non-hydrogen) atoms. The van der Waals surface area contributed by atoms with Crippen molar-refractivity contribution in [3.8, 4) is 0 Å². The summed E-state index contributed by atoms with van der Waals surface area (Å²) in [7, 11) is 0. The first-order valence-corrected chi connectivity index (χ1v) is 7.45. The zero-order valence-corrected chi connectivity index (χ0v) is 12.2. The number of carboxylic acid groups (broad SMARTS) is 1. The molecule has 0 radical (unpaired) electrons. The van der Waals surface area contributed by atoms with E-state index in [0.717, 1.165) is 38.8 Å². The van der Waals surface area contributed by atoms with Gasteiger partial charge in [0.15, 0.2) is 11.5 Å². The zero-order chi connectivity index (χ0) is 15.7. The van der Waals surface area contributed by atoms with Gasteiger partial charge < -0.3 is 20.7 Å². The smallest absolute Gasteiger partial charge is 0.407 e. The number of nitrogens with zero attached hydrogens (tertiary/aromatic N) is 2. The SMILES string of the molecule is NC(=O)c1cc(CN(C(=O)O)C2CC3(CCNCC3)C2)on1. The minimum atomic E-state index is -0.981. The Labute approximate surface area is 127 Å². The molecule has 2 amide bonds. The molecule has 2 fully saturated rings. The van der Waals surface area contributed by atoms with Gasteiger partial charge in [0.05, 0.1) is 6.54 Å². The molecule has 2 heterocycles. The maximum atomic E-state index is 11.5. The van der Waals surface area contributed by atoms with E-state index in [2.05, 4.69) is 10.5 Å². The fraction of sp³-hybridized carbons (Fsp3) is 0.643. The van der Waals surface area contributed by atoms with Crippen LogP contribution in [-0.4, -0.2) is 46.3 Å². The molecule has 1 saturated heterocycles. The van der Waals surface area contributed by atoms with E-state index in [9.17, 15) is 14.7 Å². The number of nitrogens with two attached hydrogens (primary N) is 1. The minimum absolute atomic E-state index is 0.00210. The van der Waals surface area contributed by atoms with Gasteiger partial charge in [0, 0.05) is 12.1 Å². The average Bonchev–Trinajstić information content (AvgIpc) is 2.92. The van der Waals surface area contributed by atoms with E-state index in [1.807, 2.05) is 0 Å². The highest BCUT2D eigenvalue weighted by molar-refractivity contribution is 5.90. The molecular weight excluding hydrogens is 288 g/mol. The van der Waals surface area contributed by atoms with Gasteiger partial charge in [0.25, 0.3) is 5.91 Å². The number of hydrogen-bond acceptors (Lipinski definition) is 5. The van der Waals surface area contributed by atoms with Crippen molar-refractivity contribution >= 4 is 12.0 Å². The fourth-order valence-electron chi connectivity index (χ4n) is 3.55. The van der Waals surface area contributed by atoms with E-state index >= 15 is 0 Å². The van der Waals surface area contributed by atoms with Gasteiger partial charge in [-0.15, -0.1) is 0 Å². The van der Waals surface area contributed by atoms with Crippen molar-refractivity contribution in [2.24, 2.45) is 11.1 Å². The number of rotatable bonds is 4. The molecule has 1 spiro atoms. The normalized spacial score (nSPS) is 20.5.